The predicted molar refractivity (Wildman–Crippen MR) is 128 cm³/mol. The van der Waals surface area contributed by atoms with Gasteiger partial charge in [-0.2, -0.15) is 0 Å². The predicted octanol–water partition coefficient (Wildman–Crippen LogP) is 6.44. The summed E-state index contributed by atoms with van der Waals surface area (Å²) in [6, 6.07) is 11.4. The van der Waals surface area contributed by atoms with Crippen LogP contribution in [-0.2, 0) is 4.79 Å². The lowest BCUT2D eigenvalue weighted by atomic mass is 10.2. The minimum atomic E-state index is -0.0774. The van der Waals surface area contributed by atoms with Crippen molar-refractivity contribution in [2.45, 2.75) is 6.92 Å². The van der Waals surface area contributed by atoms with Crippen molar-refractivity contribution in [3.8, 4) is 11.5 Å². The number of hydrogen-bond acceptors (Lipinski definition) is 5. The lowest BCUT2D eigenvalue weighted by Gasteiger charge is -2.02. The van der Waals surface area contributed by atoms with Crippen molar-refractivity contribution in [2.75, 3.05) is 5.32 Å². The van der Waals surface area contributed by atoms with E-state index in [1.165, 1.54) is 6.92 Å². The van der Waals surface area contributed by atoms with E-state index in [0.717, 1.165) is 26.5 Å². The van der Waals surface area contributed by atoms with Gasteiger partial charge < -0.3 is 11.4 Å². The van der Waals surface area contributed by atoms with Crippen LogP contribution in [0.25, 0.3) is 22.4 Å². The van der Waals surface area contributed by atoms with Crippen LogP contribution in [-0.4, -0.2) is 10.9 Å². The van der Waals surface area contributed by atoms with E-state index in [9.17, 15) is 4.79 Å². The summed E-state index contributed by atoms with van der Waals surface area (Å²) < 4.78 is 11.6. The number of rotatable bonds is 6. The summed E-state index contributed by atoms with van der Waals surface area (Å²) in [7, 11) is 0. The number of carbonyl (C=O) groups is 1. The number of nitrogens with one attached hydrogen (secondary N) is 1. The molecule has 0 unspecified atom stereocenters. The Balaban J connectivity index is 1.70. The first-order valence-electron chi connectivity index (χ1n) is 7.83. The zero-order chi connectivity index (χ0) is 19.2. The summed E-state index contributed by atoms with van der Waals surface area (Å²) in [4.78, 5) is 15.6. The van der Waals surface area contributed by atoms with Gasteiger partial charge >= 0.3 is 0 Å². The average molecular weight is 604 g/mol. The molecule has 0 fully saturated rings. The maximum Gasteiger partial charge on any atom is 0.221 e. The number of aromatic nitrogens is 1. The van der Waals surface area contributed by atoms with Gasteiger partial charge in [-0.05, 0) is 23.8 Å². The highest BCUT2D eigenvalue weighted by atomic mass is 127. The molecule has 27 heavy (non-hydrogen) atoms. The number of carbonyl (C=O) groups excluding carboxylic acids is 1. The SMILES string of the molecule is CC(=O)Nc1ccc(/C=C/C=C/c2nc3cc(OI)c(OI)cc3s2)cc1. The lowest BCUT2D eigenvalue weighted by Crippen LogP contribution is -2.05. The minimum Gasteiger partial charge on any atom is -0.424 e. The number of nitrogens with zero attached hydrogens (tertiary/aromatic N) is 1. The summed E-state index contributed by atoms with van der Waals surface area (Å²) in [6.07, 6.45) is 7.86. The third-order valence-corrected chi connectivity index (χ3v) is 5.44. The van der Waals surface area contributed by atoms with Crippen molar-refractivity contribution in [2.24, 2.45) is 0 Å². The fraction of sp³-hybridized carbons (Fsp3) is 0.0526. The Morgan fingerprint density at radius 3 is 2.41 bits per heavy atom. The van der Waals surface area contributed by atoms with Crippen LogP contribution >= 0.6 is 57.3 Å². The number of halogens is 2. The molecule has 2 aromatic carbocycles. The molecule has 5 nitrogen and oxygen atoms in total. The van der Waals surface area contributed by atoms with E-state index in [2.05, 4.69) is 10.3 Å². The zero-order valence-electron chi connectivity index (χ0n) is 14.1. The molecule has 0 aliphatic rings. The summed E-state index contributed by atoms with van der Waals surface area (Å²) in [5.74, 6) is 1.26. The molecule has 0 atom stereocenters. The maximum atomic E-state index is 11.0. The summed E-state index contributed by atoms with van der Waals surface area (Å²) >= 11 is 5.26. The molecule has 0 aliphatic heterocycles. The zero-order valence-corrected chi connectivity index (χ0v) is 19.2. The van der Waals surface area contributed by atoms with Crippen LogP contribution in [0.5, 0.6) is 11.5 Å². The number of thiazole rings is 1. The van der Waals surface area contributed by atoms with Crippen molar-refractivity contribution in [1.29, 1.82) is 0 Å². The lowest BCUT2D eigenvalue weighted by molar-refractivity contribution is -0.114. The van der Waals surface area contributed by atoms with Gasteiger partial charge in [0.25, 0.3) is 0 Å². The number of anilines is 1. The molecule has 0 aliphatic carbocycles. The first-order valence-corrected chi connectivity index (χ1v) is 10.4. The number of benzene rings is 2. The highest BCUT2D eigenvalue weighted by Crippen LogP contribution is 2.37. The van der Waals surface area contributed by atoms with Crippen molar-refractivity contribution in [1.82, 2.24) is 4.98 Å². The van der Waals surface area contributed by atoms with E-state index in [1.54, 1.807) is 11.3 Å². The molecule has 0 spiro atoms. The third-order valence-electron chi connectivity index (χ3n) is 3.51. The van der Waals surface area contributed by atoms with Crippen LogP contribution in [0.15, 0.2) is 48.6 Å². The second-order valence-corrected chi connectivity index (χ2v) is 7.44. The second-order valence-electron chi connectivity index (χ2n) is 5.49. The Morgan fingerprint density at radius 1 is 1.07 bits per heavy atom. The van der Waals surface area contributed by atoms with E-state index < -0.39 is 0 Å². The van der Waals surface area contributed by atoms with Gasteiger partial charge in [0, 0.05) is 24.7 Å². The van der Waals surface area contributed by atoms with Gasteiger partial charge in [-0.15, -0.1) is 11.3 Å². The molecule has 0 saturated carbocycles. The largest absolute Gasteiger partial charge is 0.424 e. The smallest absolute Gasteiger partial charge is 0.221 e. The molecular weight excluding hydrogens is 590 g/mol. The van der Waals surface area contributed by atoms with E-state index in [4.69, 9.17) is 6.13 Å². The van der Waals surface area contributed by atoms with E-state index in [-0.39, 0.29) is 5.91 Å². The number of fused-ring (bicyclic) bond motifs is 1. The minimum absolute atomic E-state index is 0.0774. The molecule has 1 amide bonds. The highest BCUT2D eigenvalue weighted by Gasteiger charge is 2.10. The van der Waals surface area contributed by atoms with Crippen LogP contribution < -0.4 is 11.4 Å². The summed E-state index contributed by atoms with van der Waals surface area (Å²) in [5.41, 5.74) is 2.71. The Morgan fingerprint density at radius 2 is 1.74 bits per heavy atom. The summed E-state index contributed by atoms with van der Waals surface area (Å²) in [5, 5.41) is 3.65. The van der Waals surface area contributed by atoms with Gasteiger partial charge in [0.1, 0.15) is 5.01 Å². The van der Waals surface area contributed by atoms with Gasteiger partial charge in [-0.3, -0.25) is 4.79 Å². The fourth-order valence-electron chi connectivity index (χ4n) is 2.33. The average Bonchev–Trinajstić information content (AvgIpc) is 3.06. The van der Waals surface area contributed by atoms with Crippen LogP contribution in [0.4, 0.5) is 5.69 Å². The van der Waals surface area contributed by atoms with Crippen molar-refractivity contribution >= 4 is 91.3 Å². The standard InChI is InChI=1S/C19H14I2N2O3S/c1-12(24)22-14-8-6-13(7-9-14)4-2-3-5-19-23-15-10-16(25-20)17(26-21)11-18(15)27-19/h2-11H,1H3,(H,22,24)/b4-2+,5-3+. The Bertz CT molecular complexity index is 973. The van der Waals surface area contributed by atoms with E-state index in [0.29, 0.717) is 11.5 Å². The number of allylic oxidation sites excluding steroid dienone is 2. The van der Waals surface area contributed by atoms with Crippen molar-refractivity contribution < 1.29 is 10.9 Å². The molecule has 1 aromatic heterocycles. The molecule has 0 bridgehead atoms. The topological polar surface area (TPSA) is 60.5 Å². The molecule has 0 saturated heterocycles. The first-order chi connectivity index (χ1) is 13.1. The molecule has 1 N–H and O–H groups in total. The number of amides is 1. The molecular formula is C19H14I2N2O3S. The van der Waals surface area contributed by atoms with Crippen LogP contribution in [0.3, 0.4) is 0 Å². The number of hydrogen-bond donors (Lipinski definition) is 1. The maximum absolute atomic E-state index is 11.0. The quantitative estimate of drug-likeness (QED) is 0.260. The monoisotopic (exact) mass is 604 g/mol. The molecule has 3 rings (SSSR count). The third kappa shape index (κ3) is 5.42. The van der Waals surface area contributed by atoms with Crippen LogP contribution in [0.2, 0.25) is 0 Å². The Kier molecular flexibility index (Phi) is 7.07. The van der Waals surface area contributed by atoms with Crippen LogP contribution in [0, 0.1) is 0 Å². The van der Waals surface area contributed by atoms with Gasteiger partial charge in [-0.25, -0.2) is 4.98 Å². The molecule has 0 radical (unpaired) electrons. The second kappa shape index (κ2) is 9.51. The summed E-state index contributed by atoms with van der Waals surface area (Å²) in [6.45, 7) is 1.49. The molecule has 3 aromatic rings. The normalized spacial score (nSPS) is 11.4. The Labute approximate surface area is 188 Å². The molecule has 138 valence electrons. The van der Waals surface area contributed by atoms with Crippen LogP contribution in [0.1, 0.15) is 17.5 Å². The first kappa shape index (κ1) is 20.1. The van der Waals surface area contributed by atoms with Gasteiger partial charge in [0.15, 0.2) is 57.5 Å². The molecule has 8 heteroatoms. The van der Waals surface area contributed by atoms with E-state index in [1.807, 2.05) is 107 Å². The van der Waals surface area contributed by atoms with Gasteiger partial charge in [0.2, 0.25) is 5.91 Å². The van der Waals surface area contributed by atoms with Crippen molar-refractivity contribution in [3.05, 3.63) is 59.1 Å². The van der Waals surface area contributed by atoms with Gasteiger partial charge in [0.05, 0.1) is 10.2 Å². The Hall–Kier alpha value is -1.66. The van der Waals surface area contributed by atoms with E-state index >= 15 is 0 Å². The fourth-order valence-corrected chi connectivity index (χ4v) is 3.91. The van der Waals surface area contributed by atoms with Gasteiger partial charge in [-0.1, -0.05) is 30.4 Å². The molecule has 1 heterocycles. The van der Waals surface area contributed by atoms with Crippen molar-refractivity contribution in [3.63, 3.8) is 0 Å². The highest BCUT2D eigenvalue weighted by molar-refractivity contribution is 14.1.